The molecule has 4 nitrogen and oxygen atoms in total. The van der Waals surface area contributed by atoms with Crippen LogP contribution >= 0.6 is 0 Å². The number of nitrogens with zero attached hydrogens (tertiary/aromatic N) is 1. The lowest BCUT2D eigenvalue weighted by atomic mass is 10.1. The number of hydrogen-bond donors (Lipinski definition) is 1. The number of hydrogen-bond acceptors (Lipinski definition) is 3. The van der Waals surface area contributed by atoms with Gasteiger partial charge in [0.05, 0.1) is 0 Å². The molecule has 0 saturated heterocycles. The normalized spacial score (nSPS) is 10.5. The molecule has 0 aromatic heterocycles. The molecule has 4 heteroatoms. The van der Waals surface area contributed by atoms with E-state index in [0.717, 1.165) is 38.6 Å². The molecule has 0 aliphatic heterocycles. The zero-order valence-corrected chi connectivity index (χ0v) is 14.4. The van der Waals surface area contributed by atoms with E-state index in [-0.39, 0.29) is 12.7 Å². The monoisotopic (exact) mass is 321 g/mol. The van der Waals surface area contributed by atoms with Crippen molar-refractivity contribution in [2.75, 3.05) is 19.7 Å². The first-order valence-electron chi connectivity index (χ1n) is 8.90. The Balaban J connectivity index is 2.42. The van der Waals surface area contributed by atoms with Crippen LogP contribution < -0.4 is 4.74 Å². The molecule has 0 unspecified atom stereocenters. The number of amides is 1. The molecule has 0 heterocycles. The van der Waals surface area contributed by atoms with E-state index in [9.17, 15) is 4.79 Å². The van der Waals surface area contributed by atoms with Gasteiger partial charge in [-0.3, -0.25) is 0 Å². The summed E-state index contributed by atoms with van der Waals surface area (Å²) in [6, 6.07) is 9.21. The minimum Gasteiger partial charge on any atom is -0.410 e. The van der Waals surface area contributed by atoms with Gasteiger partial charge < -0.3 is 14.7 Å². The molecular weight excluding hydrogens is 290 g/mol. The van der Waals surface area contributed by atoms with Crippen LogP contribution in [0.1, 0.15) is 58.3 Å². The summed E-state index contributed by atoms with van der Waals surface area (Å²) in [6.45, 7) is 3.85. The van der Waals surface area contributed by atoms with Gasteiger partial charge in [-0.15, -0.1) is 0 Å². The Bertz CT molecular complexity index is 408. The van der Waals surface area contributed by atoms with Gasteiger partial charge in [-0.25, -0.2) is 4.79 Å². The SMILES string of the molecule is CCCCCCCN(CCCCCO)C(=O)Oc1ccccc1. The standard InChI is InChI=1S/C19H31NO3/c1-2-3-4-5-10-15-20(16-11-7-12-17-21)19(22)23-18-13-8-6-9-14-18/h6,8-9,13-14,21H,2-5,7,10-12,15-17H2,1H3. The van der Waals surface area contributed by atoms with Crippen molar-refractivity contribution in [2.45, 2.75) is 58.3 Å². The minimum atomic E-state index is -0.268. The fraction of sp³-hybridized carbons (Fsp3) is 0.632. The number of benzene rings is 1. The predicted octanol–water partition coefficient (Wildman–Crippen LogP) is 4.62. The van der Waals surface area contributed by atoms with Gasteiger partial charge in [0.25, 0.3) is 0 Å². The maximum atomic E-state index is 12.4. The Morgan fingerprint density at radius 2 is 1.57 bits per heavy atom. The molecule has 0 bridgehead atoms. The van der Waals surface area contributed by atoms with E-state index in [1.165, 1.54) is 19.3 Å². The summed E-state index contributed by atoms with van der Waals surface area (Å²) < 4.78 is 5.45. The number of unbranched alkanes of at least 4 members (excludes halogenated alkanes) is 6. The van der Waals surface area contributed by atoms with Crippen molar-refractivity contribution in [1.29, 1.82) is 0 Å². The van der Waals surface area contributed by atoms with Crippen molar-refractivity contribution in [3.63, 3.8) is 0 Å². The highest BCUT2D eigenvalue weighted by molar-refractivity contribution is 5.70. The van der Waals surface area contributed by atoms with E-state index < -0.39 is 0 Å². The first-order chi connectivity index (χ1) is 11.3. The highest BCUT2D eigenvalue weighted by atomic mass is 16.6. The molecular formula is C19H31NO3. The third kappa shape index (κ3) is 9.24. The third-order valence-corrected chi connectivity index (χ3v) is 3.82. The molecule has 0 fully saturated rings. The number of carbonyl (C=O) groups excluding carboxylic acids is 1. The molecule has 0 atom stereocenters. The maximum Gasteiger partial charge on any atom is 0.415 e. The lowest BCUT2D eigenvalue weighted by Crippen LogP contribution is -2.35. The van der Waals surface area contributed by atoms with Crippen LogP contribution in [0.3, 0.4) is 0 Å². The van der Waals surface area contributed by atoms with Gasteiger partial charge in [0.2, 0.25) is 0 Å². The van der Waals surface area contributed by atoms with E-state index in [4.69, 9.17) is 9.84 Å². The van der Waals surface area contributed by atoms with Gasteiger partial charge in [0.15, 0.2) is 0 Å². The summed E-state index contributed by atoms with van der Waals surface area (Å²) in [5.41, 5.74) is 0. The molecule has 1 aromatic rings. The van der Waals surface area contributed by atoms with Gasteiger partial charge in [-0.1, -0.05) is 50.8 Å². The van der Waals surface area contributed by atoms with Gasteiger partial charge in [-0.2, -0.15) is 0 Å². The number of para-hydroxylation sites is 1. The summed E-state index contributed by atoms with van der Waals surface area (Å²) in [5.74, 6) is 0.587. The Morgan fingerprint density at radius 3 is 2.17 bits per heavy atom. The van der Waals surface area contributed by atoms with Crippen LogP contribution in [0.25, 0.3) is 0 Å². The zero-order valence-electron chi connectivity index (χ0n) is 14.4. The molecule has 0 spiro atoms. The van der Waals surface area contributed by atoms with Crippen LogP contribution in [0.5, 0.6) is 5.75 Å². The van der Waals surface area contributed by atoms with E-state index in [1.807, 2.05) is 18.2 Å². The van der Waals surface area contributed by atoms with Gasteiger partial charge in [0.1, 0.15) is 5.75 Å². The summed E-state index contributed by atoms with van der Waals surface area (Å²) in [4.78, 5) is 14.2. The topological polar surface area (TPSA) is 49.8 Å². The number of rotatable bonds is 12. The average molecular weight is 321 g/mol. The lowest BCUT2D eigenvalue weighted by molar-refractivity contribution is 0.149. The molecule has 23 heavy (non-hydrogen) atoms. The Hall–Kier alpha value is -1.55. The highest BCUT2D eigenvalue weighted by Gasteiger charge is 2.15. The molecule has 0 aliphatic rings. The van der Waals surface area contributed by atoms with Crippen molar-refractivity contribution >= 4 is 6.09 Å². The van der Waals surface area contributed by atoms with Crippen molar-refractivity contribution < 1.29 is 14.6 Å². The molecule has 130 valence electrons. The van der Waals surface area contributed by atoms with Crippen LogP contribution in [-0.2, 0) is 0 Å². The van der Waals surface area contributed by atoms with Crippen LogP contribution in [0, 0.1) is 0 Å². The first kappa shape index (κ1) is 19.5. The largest absolute Gasteiger partial charge is 0.415 e. The van der Waals surface area contributed by atoms with E-state index in [1.54, 1.807) is 17.0 Å². The van der Waals surface area contributed by atoms with Crippen molar-refractivity contribution in [2.24, 2.45) is 0 Å². The number of aliphatic hydroxyl groups is 1. The maximum absolute atomic E-state index is 12.4. The summed E-state index contributed by atoms with van der Waals surface area (Å²) >= 11 is 0. The highest BCUT2D eigenvalue weighted by Crippen LogP contribution is 2.12. The fourth-order valence-corrected chi connectivity index (χ4v) is 2.45. The van der Waals surface area contributed by atoms with E-state index in [0.29, 0.717) is 12.3 Å². The van der Waals surface area contributed by atoms with Crippen molar-refractivity contribution in [1.82, 2.24) is 4.90 Å². The van der Waals surface area contributed by atoms with Gasteiger partial charge in [0, 0.05) is 19.7 Å². The van der Waals surface area contributed by atoms with Crippen LogP contribution in [0.15, 0.2) is 30.3 Å². The predicted molar refractivity (Wildman–Crippen MR) is 93.7 cm³/mol. The Kier molecular flexibility index (Phi) is 11.0. The van der Waals surface area contributed by atoms with Crippen LogP contribution in [0.2, 0.25) is 0 Å². The molecule has 1 aromatic carbocycles. The van der Waals surface area contributed by atoms with Crippen molar-refractivity contribution in [3.8, 4) is 5.75 Å². The van der Waals surface area contributed by atoms with Crippen LogP contribution in [-0.4, -0.2) is 35.8 Å². The molecule has 1 amide bonds. The Morgan fingerprint density at radius 1 is 0.957 bits per heavy atom. The smallest absolute Gasteiger partial charge is 0.410 e. The van der Waals surface area contributed by atoms with Gasteiger partial charge in [-0.05, 0) is 37.8 Å². The van der Waals surface area contributed by atoms with E-state index >= 15 is 0 Å². The van der Waals surface area contributed by atoms with Gasteiger partial charge >= 0.3 is 6.09 Å². The summed E-state index contributed by atoms with van der Waals surface area (Å²) in [7, 11) is 0. The minimum absolute atomic E-state index is 0.214. The quantitative estimate of drug-likeness (QED) is 0.571. The molecule has 0 aliphatic carbocycles. The second kappa shape index (κ2) is 12.9. The second-order valence-electron chi connectivity index (χ2n) is 5.87. The molecule has 0 saturated carbocycles. The zero-order chi connectivity index (χ0) is 16.8. The van der Waals surface area contributed by atoms with Crippen LogP contribution in [0.4, 0.5) is 4.79 Å². The number of ether oxygens (including phenoxy) is 1. The fourth-order valence-electron chi connectivity index (χ4n) is 2.45. The summed E-state index contributed by atoms with van der Waals surface area (Å²) in [5, 5.41) is 8.85. The van der Waals surface area contributed by atoms with Crippen molar-refractivity contribution in [3.05, 3.63) is 30.3 Å². The molecule has 1 N–H and O–H groups in total. The third-order valence-electron chi connectivity index (χ3n) is 3.82. The Labute approximate surface area is 140 Å². The number of carbonyl (C=O) groups is 1. The summed E-state index contributed by atoms with van der Waals surface area (Å²) in [6.07, 6.45) is 8.23. The lowest BCUT2D eigenvalue weighted by Gasteiger charge is -2.22. The first-order valence-corrected chi connectivity index (χ1v) is 8.90. The molecule has 0 radical (unpaired) electrons. The molecule has 1 rings (SSSR count). The average Bonchev–Trinajstić information content (AvgIpc) is 2.57. The van der Waals surface area contributed by atoms with E-state index in [2.05, 4.69) is 6.92 Å². The second-order valence-corrected chi connectivity index (χ2v) is 5.87. The number of aliphatic hydroxyl groups excluding tert-OH is 1.